The second-order valence-electron chi connectivity index (χ2n) is 6.93. The fourth-order valence-corrected chi connectivity index (χ4v) is 4.41. The second-order valence-corrected chi connectivity index (χ2v) is 7.79. The number of thiazole rings is 1. The highest BCUT2D eigenvalue weighted by molar-refractivity contribution is 7.14. The highest BCUT2D eigenvalue weighted by Gasteiger charge is 2.12. The average molecular weight is 394 g/mol. The number of anilines is 1. The van der Waals surface area contributed by atoms with Gasteiger partial charge in [0.2, 0.25) is 5.91 Å². The average Bonchev–Trinajstić information content (AvgIpc) is 3.21. The third-order valence-electron chi connectivity index (χ3n) is 5.05. The number of hydrogen-bond acceptors (Lipinski definition) is 3. The predicted molar refractivity (Wildman–Crippen MR) is 121 cm³/mol. The molecule has 5 aromatic rings. The molecule has 4 heteroatoms. The van der Waals surface area contributed by atoms with Crippen LogP contribution < -0.4 is 5.32 Å². The van der Waals surface area contributed by atoms with Gasteiger partial charge < -0.3 is 5.32 Å². The molecule has 0 saturated carbocycles. The van der Waals surface area contributed by atoms with E-state index in [0.717, 1.165) is 33.0 Å². The van der Waals surface area contributed by atoms with Gasteiger partial charge in [0.05, 0.1) is 12.1 Å². The summed E-state index contributed by atoms with van der Waals surface area (Å²) in [7, 11) is 0. The Morgan fingerprint density at radius 3 is 2.28 bits per heavy atom. The Balaban J connectivity index is 1.38. The number of aromatic nitrogens is 1. The minimum atomic E-state index is -0.0554. The van der Waals surface area contributed by atoms with E-state index in [-0.39, 0.29) is 5.91 Å². The molecule has 0 aliphatic heterocycles. The van der Waals surface area contributed by atoms with Crippen molar-refractivity contribution in [2.24, 2.45) is 0 Å². The number of amides is 1. The van der Waals surface area contributed by atoms with Crippen molar-refractivity contribution < 1.29 is 4.79 Å². The van der Waals surface area contributed by atoms with Crippen molar-refractivity contribution in [1.82, 2.24) is 4.98 Å². The lowest BCUT2D eigenvalue weighted by atomic mass is 10.0. The Bertz CT molecular complexity index is 1330. The topological polar surface area (TPSA) is 42.0 Å². The summed E-state index contributed by atoms with van der Waals surface area (Å²) in [4.78, 5) is 17.3. The number of nitrogens with zero attached hydrogens (tertiary/aromatic N) is 1. The SMILES string of the molecule is O=C(Cc1cccc2ccccc12)Nc1nc(-c2cccc3ccccc23)cs1. The summed E-state index contributed by atoms with van der Waals surface area (Å²) in [6.45, 7) is 0. The van der Waals surface area contributed by atoms with Gasteiger partial charge in [0.15, 0.2) is 5.13 Å². The van der Waals surface area contributed by atoms with E-state index < -0.39 is 0 Å². The zero-order valence-corrected chi connectivity index (χ0v) is 16.4. The summed E-state index contributed by atoms with van der Waals surface area (Å²) in [6.07, 6.45) is 0.324. The predicted octanol–water partition coefficient (Wildman–Crippen LogP) is 6.30. The number of carbonyl (C=O) groups is 1. The second kappa shape index (κ2) is 7.49. The molecule has 0 bridgehead atoms. The van der Waals surface area contributed by atoms with Crippen LogP contribution in [-0.2, 0) is 11.2 Å². The van der Waals surface area contributed by atoms with Gasteiger partial charge in [-0.3, -0.25) is 4.79 Å². The Kier molecular flexibility index (Phi) is 4.54. The summed E-state index contributed by atoms with van der Waals surface area (Å²) in [5.74, 6) is -0.0554. The number of fused-ring (bicyclic) bond motifs is 2. The van der Waals surface area contributed by atoms with E-state index >= 15 is 0 Å². The lowest BCUT2D eigenvalue weighted by molar-refractivity contribution is -0.115. The van der Waals surface area contributed by atoms with Crippen molar-refractivity contribution in [2.45, 2.75) is 6.42 Å². The first-order valence-corrected chi connectivity index (χ1v) is 10.4. The maximum atomic E-state index is 12.6. The van der Waals surface area contributed by atoms with Crippen molar-refractivity contribution in [3.05, 3.63) is 95.9 Å². The molecule has 3 nitrogen and oxygen atoms in total. The molecule has 1 aromatic heterocycles. The lowest BCUT2D eigenvalue weighted by Gasteiger charge is -2.06. The monoisotopic (exact) mass is 394 g/mol. The van der Waals surface area contributed by atoms with Crippen molar-refractivity contribution in [3.8, 4) is 11.3 Å². The van der Waals surface area contributed by atoms with Crippen LogP contribution in [-0.4, -0.2) is 10.9 Å². The van der Waals surface area contributed by atoms with Crippen LogP contribution in [0.4, 0.5) is 5.13 Å². The van der Waals surface area contributed by atoms with Gasteiger partial charge in [0, 0.05) is 10.9 Å². The van der Waals surface area contributed by atoms with E-state index in [1.54, 1.807) is 0 Å². The van der Waals surface area contributed by atoms with Crippen molar-refractivity contribution in [3.63, 3.8) is 0 Å². The largest absolute Gasteiger partial charge is 0.302 e. The minimum Gasteiger partial charge on any atom is -0.302 e. The molecule has 1 N–H and O–H groups in total. The number of benzene rings is 4. The molecule has 4 aromatic carbocycles. The standard InChI is InChI=1S/C25H18N2OS/c28-24(15-19-11-5-9-17-7-1-3-12-20(17)19)27-25-26-23(16-29-25)22-14-6-10-18-8-2-4-13-21(18)22/h1-14,16H,15H2,(H,26,27,28). The van der Waals surface area contributed by atoms with E-state index in [9.17, 15) is 4.79 Å². The summed E-state index contributed by atoms with van der Waals surface area (Å²) >= 11 is 1.45. The van der Waals surface area contributed by atoms with E-state index in [1.807, 2.05) is 47.8 Å². The molecule has 29 heavy (non-hydrogen) atoms. The molecule has 0 radical (unpaired) electrons. The van der Waals surface area contributed by atoms with Crippen LogP contribution in [0.1, 0.15) is 5.56 Å². The number of rotatable bonds is 4. The molecular formula is C25H18N2OS. The minimum absolute atomic E-state index is 0.0554. The van der Waals surface area contributed by atoms with Gasteiger partial charge in [0.25, 0.3) is 0 Å². The molecule has 0 fully saturated rings. The Morgan fingerprint density at radius 2 is 1.45 bits per heavy atom. The molecule has 0 aliphatic carbocycles. The zero-order chi connectivity index (χ0) is 19.6. The van der Waals surface area contributed by atoms with Crippen LogP contribution in [0.5, 0.6) is 0 Å². The number of nitrogens with one attached hydrogen (secondary N) is 1. The first kappa shape index (κ1) is 17.6. The quantitative estimate of drug-likeness (QED) is 0.389. The molecular weight excluding hydrogens is 376 g/mol. The van der Waals surface area contributed by atoms with Gasteiger partial charge in [-0.15, -0.1) is 11.3 Å². The summed E-state index contributed by atoms with van der Waals surface area (Å²) in [5.41, 5.74) is 2.98. The van der Waals surface area contributed by atoms with Gasteiger partial charge in [-0.25, -0.2) is 4.98 Å². The molecule has 1 amide bonds. The third kappa shape index (κ3) is 3.50. The van der Waals surface area contributed by atoms with Crippen LogP contribution in [0, 0.1) is 0 Å². The fraction of sp³-hybridized carbons (Fsp3) is 0.0400. The maximum absolute atomic E-state index is 12.6. The molecule has 0 unspecified atom stereocenters. The molecule has 140 valence electrons. The molecule has 0 spiro atoms. The number of hydrogen-bond donors (Lipinski definition) is 1. The van der Waals surface area contributed by atoms with Crippen LogP contribution in [0.25, 0.3) is 32.8 Å². The van der Waals surface area contributed by atoms with E-state index in [4.69, 9.17) is 0 Å². The lowest BCUT2D eigenvalue weighted by Crippen LogP contribution is -2.14. The highest BCUT2D eigenvalue weighted by atomic mass is 32.1. The molecule has 0 atom stereocenters. The molecule has 1 heterocycles. The van der Waals surface area contributed by atoms with E-state index in [0.29, 0.717) is 11.6 Å². The van der Waals surface area contributed by atoms with Gasteiger partial charge in [-0.05, 0) is 27.1 Å². The Morgan fingerprint density at radius 1 is 0.793 bits per heavy atom. The molecule has 0 aliphatic rings. The maximum Gasteiger partial charge on any atom is 0.230 e. The summed E-state index contributed by atoms with van der Waals surface area (Å²) < 4.78 is 0. The first-order valence-electron chi connectivity index (χ1n) is 9.48. The van der Waals surface area contributed by atoms with E-state index in [1.165, 1.54) is 16.7 Å². The van der Waals surface area contributed by atoms with Gasteiger partial charge in [-0.1, -0.05) is 84.9 Å². The smallest absolute Gasteiger partial charge is 0.230 e. The fourth-order valence-electron chi connectivity index (χ4n) is 3.69. The van der Waals surface area contributed by atoms with Crippen LogP contribution in [0.15, 0.2) is 90.3 Å². The summed E-state index contributed by atoms with van der Waals surface area (Å²) in [6, 6.07) is 28.7. The van der Waals surface area contributed by atoms with Crippen molar-refractivity contribution in [2.75, 3.05) is 5.32 Å². The Hall–Kier alpha value is -3.50. The first-order chi connectivity index (χ1) is 14.3. The summed E-state index contributed by atoms with van der Waals surface area (Å²) in [5, 5.41) is 10.2. The van der Waals surface area contributed by atoms with Crippen LogP contribution in [0.3, 0.4) is 0 Å². The van der Waals surface area contributed by atoms with Crippen LogP contribution >= 0.6 is 11.3 Å². The van der Waals surface area contributed by atoms with Gasteiger partial charge in [0.1, 0.15) is 0 Å². The molecule has 0 saturated heterocycles. The molecule has 5 rings (SSSR count). The van der Waals surface area contributed by atoms with Crippen LogP contribution in [0.2, 0.25) is 0 Å². The van der Waals surface area contributed by atoms with Crippen molar-refractivity contribution >= 4 is 43.9 Å². The highest BCUT2D eigenvalue weighted by Crippen LogP contribution is 2.31. The number of carbonyl (C=O) groups excluding carboxylic acids is 1. The van der Waals surface area contributed by atoms with Gasteiger partial charge in [-0.2, -0.15) is 0 Å². The van der Waals surface area contributed by atoms with Gasteiger partial charge >= 0.3 is 0 Å². The van der Waals surface area contributed by atoms with E-state index in [2.05, 4.69) is 52.8 Å². The zero-order valence-electron chi connectivity index (χ0n) is 15.6. The normalized spacial score (nSPS) is 11.0. The third-order valence-corrected chi connectivity index (χ3v) is 5.80. The Labute approximate surface area is 172 Å². The van der Waals surface area contributed by atoms with Crippen molar-refractivity contribution in [1.29, 1.82) is 0 Å².